The fraction of sp³-hybridized carbons (Fsp3) is 0.591. The summed E-state index contributed by atoms with van der Waals surface area (Å²) >= 11 is 0. The molecule has 0 radical (unpaired) electrons. The van der Waals surface area contributed by atoms with Gasteiger partial charge in [0.1, 0.15) is 11.4 Å². The standard InChI is InChI=1S/C22H31N3O5/c1-22(2,3)30-21(28)25-11-6-7-16(14-25)20(27)24-23-19(26)13-15-10-12-29-18-9-5-4-8-17(15)18/h4-5,8-9,15-16H,6-7,10-14H2,1-3H3,(H,23,26)(H,24,27)/t15-,16+/m1/s1. The molecule has 2 heterocycles. The molecule has 30 heavy (non-hydrogen) atoms. The molecule has 8 nitrogen and oxygen atoms in total. The van der Waals surface area contributed by atoms with Crippen LogP contribution in [0.3, 0.4) is 0 Å². The monoisotopic (exact) mass is 417 g/mol. The topological polar surface area (TPSA) is 97.0 Å². The molecule has 0 aliphatic carbocycles. The van der Waals surface area contributed by atoms with E-state index in [9.17, 15) is 14.4 Å². The van der Waals surface area contributed by atoms with E-state index in [-0.39, 0.29) is 36.6 Å². The van der Waals surface area contributed by atoms with Crippen molar-refractivity contribution < 1.29 is 23.9 Å². The molecule has 2 atom stereocenters. The quantitative estimate of drug-likeness (QED) is 0.737. The van der Waals surface area contributed by atoms with Crippen molar-refractivity contribution in [2.75, 3.05) is 19.7 Å². The molecular weight excluding hydrogens is 386 g/mol. The van der Waals surface area contributed by atoms with Gasteiger partial charge in [-0.15, -0.1) is 0 Å². The number of fused-ring (bicyclic) bond motifs is 1. The molecule has 8 heteroatoms. The van der Waals surface area contributed by atoms with Crippen molar-refractivity contribution in [1.29, 1.82) is 0 Å². The Morgan fingerprint density at radius 1 is 1.17 bits per heavy atom. The third-order valence-electron chi connectivity index (χ3n) is 5.28. The van der Waals surface area contributed by atoms with Gasteiger partial charge >= 0.3 is 6.09 Å². The molecule has 0 unspecified atom stereocenters. The zero-order valence-electron chi connectivity index (χ0n) is 17.9. The number of rotatable bonds is 3. The van der Waals surface area contributed by atoms with E-state index in [1.54, 1.807) is 4.90 Å². The van der Waals surface area contributed by atoms with Gasteiger partial charge in [-0.25, -0.2) is 4.79 Å². The van der Waals surface area contributed by atoms with Gasteiger partial charge in [0.15, 0.2) is 0 Å². The van der Waals surface area contributed by atoms with E-state index in [1.165, 1.54) is 0 Å². The minimum atomic E-state index is -0.580. The van der Waals surface area contributed by atoms with Crippen molar-refractivity contribution in [2.45, 2.75) is 58.0 Å². The van der Waals surface area contributed by atoms with Gasteiger partial charge in [-0.05, 0) is 57.6 Å². The first-order valence-electron chi connectivity index (χ1n) is 10.5. The third-order valence-corrected chi connectivity index (χ3v) is 5.28. The van der Waals surface area contributed by atoms with E-state index in [4.69, 9.17) is 9.47 Å². The summed E-state index contributed by atoms with van der Waals surface area (Å²) in [6.45, 7) is 6.85. The second kappa shape index (κ2) is 9.36. The van der Waals surface area contributed by atoms with Crippen molar-refractivity contribution in [2.24, 2.45) is 5.92 Å². The number of hydrogen-bond acceptors (Lipinski definition) is 5. The molecule has 0 aromatic heterocycles. The molecule has 3 amide bonds. The summed E-state index contributed by atoms with van der Waals surface area (Å²) in [7, 11) is 0. The highest BCUT2D eigenvalue weighted by Gasteiger charge is 2.31. The van der Waals surface area contributed by atoms with Crippen molar-refractivity contribution in [1.82, 2.24) is 15.8 Å². The first-order chi connectivity index (χ1) is 14.2. The summed E-state index contributed by atoms with van der Waals surface area (Å²) in [6.07, 6.45) is 1.99. The Bertz CT molecular complexity index is 789. The number of nitrogens with zero attached hydrogens (tertiary/aromatic N) is 1. The van der Waals surface area contributed by atoms with Crippen molar-refractivity contribution in [3.8, 4) is 5.75 Å². The predicted octanol–water partition coefficient (Wildman–Crippen LogP) is 2.74. The lowest BCUT2D eigenvalue weighted by molar-refractivity contribution is -0.132. The Morgan fingerprint density at radius 3 is 2.70 bits per heavy atom. The summed E-state index contributed by atoms with van der Waals surface area (Å²) < 4.78 is 11.0. The summed E-state index contributed by atoms with van der Waals surface area (Å²) in [6, 6.07) is 7.71. The van der Waals surface area contributed by atoms with Gasteiger partial charge < -0.3 is 14.4 Å². The maximum absolute atomic E-state index is 12.5. The van der Waals surface area contributed by atoms with Crippen molar-refractivity contribution in [3.63, 3.8) is 0 Å². The van der Waals surface area contributed by atoms with Crippen LogP contribution in [0.1, 0.15) is 57.9 Å². The average Bonchev–Trinajstić information content (AvgIpc) is 2.71. The van der Waals surface area contributed by atoms with Crippen LogP contribution in [0, 0.1) is 5.92 Å². The first kappa shape index (κ1) is 21.9. The largest absolute Gasteiger partial charge is 0.493 e. The van der Waals surface area contributed by atoms with Crippen LogP contribution in [0.15, 0.2) is 24.3 Å². The molecule has 2 N–H and O–H groups in total. The van der Waals surface area contributed by atoms with E-state index < -0.39 is 11.7 Å². The van der Waals surface area contributed by atoms with Gasteiger partial charge in [0, 0.05) is 19.5 Å². The maximum atomic E-state index is 12.5. The molecule has 0 bridgehead atoms. The number of benzene rings is 1. The molecule has 3 rings (SSSR count). The third kappa shape index (κ3) is 5.87. The number of ether oxygens (including phenoxy) is 2. The summed E-state index contributed by atoms with van der Waals surface area (Å²) in [5.41, 5.74) is 5.49. The van der Waals surface area contributed by atoms with Crippen LogP contribution in [-0.4, -0.2) is 48.1 Å². The molecule has 1 aromatic rings. The average molecular weight is 418 g/mol. The fourth-order valence-corrected chi connectivity index (χ4v) is 3.82. The van der Waals surface area contributed by atoms with Crippen LogP contribution >= 0.6 is 0 Å². The minimum Gasteiger partial charge on any atom is -0.493 e. The number of likely N-dealkylation sites (tertiary alicyclic amines) is 1. The first-order valence-corrected chi connectivity index (χ1v) is 10.5. The van der Waals surface area contributed by atoms with Gasteiger partial charge in [0.25, 0.3) is 0 Å². The summed E-state index contributed by atoms with van der Waals surface area (Å²) in [5, 5.41) is 0. The highest BCUT2D eigenvalue weighted by molar-refractivity contribution is 5.84. The summed E-state index contributed by atoms with van der Waals surface area (Å²) in [4.78, 5) is 38.7. The lowest BCUT2D eigenvalue weighted by Gasteiger charge is -2.33. The maximum Gasteiger partial charge on any atom is 0.410 e. The molecule has 1 saturated heterocycles. The number of hydrazine groups is 1. The number of nitrogens with one attached hydrogen (secondary N) is 2. The van der Waals surface area contributed by atoms with Crippen LogP contribution in [0.2, 0.25) is 0 Å². The SMILES string of the molecule is CC(C)(C)OC(=O)N1CCC[C@H](C(=O)NNC(=O)C[C@H]2CCOc3ccccc32)C1. The van der Waals surface area contributed by atoms with E-state index in [0.29, 0.717) is 26.0 Å². The van der Waals surface area contributed by atoms with Crippen LogP contribution in [-0.2, 0) is 14.3 Å². The Kier molecular flexibility index (Phi) is 6.84. The number of piperidine rings is 1. The molecule has 0 spiro atoms. The summed E-state index contributed by atoms with van der Waals surface area (Å²) in [5.74, 6) is -0.0385. The van der Waals surface area contributed by atoms with Crippen LogP contribution < -0.4 is 15.6 Å². The van der Waals surface area contributed by atoms with Gasteiger partial charge in [-0.1, -0.05) is 18.2 Å². The highest BCUT2D eigenvalue weighted by Crippen LogP contribution is 2.35. The fourth-order valence-electron chi connectivity index (χ4n) is 3.82. The second-order valence-corrected chi connectivity index (χ2v) is 8.88. The van der Waals surface area contributed by atoms with E-state index in [0.717, 1.165) is 17.7 Å². The van der Waals surface area contributed by atoms with E-state index >= 15 is 0 Å². The highest BCUT2D eigenvalue weighted by atomic mass is 16.6. The van der Waals surface area contributed by atoms with Gasteiger partial charge in [-0.3, -0.25) is 20.4 Å². The Morgan fingerprint density at radius 2 is 1.93 bits per heavy atom. The minimum absolute atomic E-state index is 0.0594. The number of amides is 3. The van der Waals surface area contributed by atoms with Gasteiger partial charge in [-0.2, -0.15) is 0 Å². The lowest BCUT2D eigenvalue weighted by Crippen LogP contribution is -2.50. The molecular formula is C22H31N3O5. The Hall–Kier alpha value is -2.77. The number of carbonyl (C=O) groups is 3. The number of hydrogen-bond donors (Lipinski definition) is 2. The molecule has 164 valence electrons. The molecule has 1 fully saturated rings. The zero-order valence-corrected chi connectivity index (χ0v) is 17.9. The van der Waals surface area contributed by atoms with Gasteiger partial charge in [0.2, 0.25) is 11.8 Å². The number of para-hydroxylation sites is 1. The van der Waals surface area contributed by atoms with Crippen LogP contribution in [0.5, 0.6) is 5.75 Å². The normalized spacial score (nSPS) is 21.1. The molecule has 1 aromatic carbocycles. The van der Waals surface area contributed by atoms with Crippen molar-refractivity contribution >= 4 is 17.9 Å². The molecule has 0 saturated carbocycles. The molecule has 2 aliphatic heterocycles. The van der Waals surface area contributed by atoms with Crippen LogP contribution in [0.4, 0.5) is 4.79 Å². The number of carbonyl (C=O) groups excluding carboxylic acids is 3. The second-order valence-electron chi connectivity index (χ2n) is 8.88. The predicted molar refractivity (Wildman–Crippen MR) is 111 cm³/mol. The van der Waals surface area contributed by atoms with Crippen molar-refractivity contribution in [3.05, 3.63) is 29.8 Å². The Labute approximate surface area is 177 Å². The zero-order chi connectivity index (χ0) is 21.7. The lowest BCUT2D eigenvalue weighted by atomic mass is 9.90. The smallest absolute Gasteiger partial charge is 0.410 e. The van der Waals surface area contributed by atoms with E-state index in [1.807, 2.05) is 45.0 Å². The molecule has 2 aliphatic rings. The van der Waals surface area contributed by atoms with E-state index in [2.05, 4.69) is 10.9 Å². The Balaban J connectivity index is 1.47. The van der Waals surface area contributed by atoms with Crippen LogP contribution in [0.25, 0.3) is 0 Å². The van der Waals surface area contributed by atoms with Gasteiger partial charge in [0.05, 0.1) is 12.5 Å².